The molecule has 62 heavy (non-hydrogen) atoms. The van der Waals surface area contributed by atoms with Crippen molar-refractivity contribution >= 4 is 72.6 Å². The van der Waals surface area contributed by atoms with E-state index < -0.39 is 21.0 Å². The molecule has 0 N–H and O–H groups in total. The predicted molar refractivity (Wildman–Crippen MR) is 239 cm³/mol. The molecule has 1 amide bonds. The Morgan fingerprint density at radius 1 is 0.903 bits per heavy atom. The molecule has 3 aliphatic carbocycles. The molecule has 1 aliphatic heterocycles. The first-order valence-corrected chi connectivity index (χ1v) is 26.4. The topological polar surface area (TPSA) is 164 Å². The van der Waals surface area contributed by atoms with E-state index >= 15 is 0 Å². The quantitative estimate of drug-likeness (QED) is 0.0877. The highest BCUT2D eigenvalue weighted by molar-refractivity contribution is 8.01. The number of nitrogens with zero attached hydrogens (tertiary/aromatic N) is 6. The van der Waals surface area contributed by atoms with Crippen molar-refractivity contribution in [3.63, 3.8) is 0 Å². The Labute approximate surface area is 376 Å². The average Bonchev–Trinajstić information content (AvgIpc) is 3.72. The predicted octanol–water partition coefficient (Wildman–Crippen LogP) is 8.40. The lowest BCUT2D eigenvalue weighted by atomic mass is 9.87. The number of ketones is 2. The van der Waals surface area contributed by atoms with E-state index in [1.165, 1.54) is 43.4 Å². The van der Waals surface area contributed by atoms with Gasteiger partial charge in [0.15, 0.2) is 20.8 Å². The minimum Gasteiger partial charge on any atom is -0.381 e. The SMILES string of the molecule is CCCOC1CCC(N(C(=O)Cc2ncc(SCC(C)=O)s2)C2CCCCC2)CC1.O=C(Cc1ncc(F)s1)[C@H](CC1CCOCC1)n1ncc2c(S(=O)(=O)C3CC3)cncc21. The molecule has 4 aromatic rings. The van der Waals surface area contributed by atoms with Gasteiger partial charge in [-0.1, -0.05) is 37.5 Å². The summed E-state index contributed by atoms with van der Waals surface area (Å²) in [5.74, 6) is 1.00. The Morgan fingerprint density at radius 2 is 1.61 bits per heavy atom. The largest absolute Gasteiger partial charge is 0.381 e. The molecule has 8 rings (SSSR count). The van der Waals surface area contributed by atoms with Crippen LogP contribution in [-0.4, -0.2) is 105 Å². The van der Waals surface area contributed by atoms with Crippen molar-refractivity contribution < 1.29 is 36.7 Å². The summed E-state index contributed by atoms with van der Waals surface area (Å²) >= 11 is 3.93. The Kier molecular flexibility index (Phi) is 16.7. The highest BCUT2D eigenvalue weighted by atomic mass is 32.2. The third-order valence-electron chi connectivity index (χ3n) is 12.3. The summed E-state index contributed by atoms with van der Waals surface area (Å²) in [6, 6.07) is 0.104. The van der Waals surface area contributed by atoms with Gasteiger partial charge >= 0.3 is 0 Å². The van der Waals surface area contributed by atoms with Gasteiger partial charge in [-0.3, -0.25) is 24.0 Å². The molecule has 3 saturated carbocycles. The molecule has 1 saturated heterocycles. The van der Waals surface area contributed by atoms with Crippen LogP contribution >= 0.6 is 34.4 Å². The van der Waals surface area contributed by atoms with Crippen LogP contribution in [0.25, 0.3) is 10.9 Å². The van der Waals surface area contributed by atoms with E-state index in [0.717, 1.165) is 91.1 Å². The summed E-state index contributed by atoms with van der Waals surface area (Å²) in [5.41, 5.74) is 0.516. The van der Waals surface area contributed by atoms with Gasteiger partial charge in [-0.25, -0.2) is 18.4 Å². The maximum absolute atomic E-state index is 13.4. The van der Waals surface area contributed by atoms with Gasteiger partial charge in [-0.05, 0) is 89.9 Å². The van der Waals surface area contributed by atoms with Gasteiger partial charge in [-0.2, -0.15) is 9.49 Å². The molecule has 5 heterocycles. The van der Waals surface area contributed by atoms with Crippen LogP contribution in [0.2, 0.25) is 0 Å². The molecular formula is C44H59FN6O7S4. The van der Waals surface area contributed by atoms with E-state index in [-0.39, 0.29) is 40.0 Å². The monoisotopic (exact) mass is 930 g/mol. The summed E-state index contributed by atoms with van der Waals surface area (Å²) in [6.45, 7) is 5.89. The third-order valence-corrected chi connectivity index (χ3v) is 17.7. The van der Waals surface area contributed by atoms with Gasteiger partial charge in [0, 0.05) is 43.5 Å². The van der Waals surface area contributed by atoms with E-state index in [0.29, 0.717) is 78.7 Å². The maximum Gasteiger partial charge on any atom is 0.229 e. The van der Waals surface area contributed by atoms with Gasteiger partial charge in [0.05, 0.1) is 69.4 Å². The number of ether oxygens (including phenoxy) is 2. The Balaban J connectivity index is 0.000000187. The second-order valence-electron chi connectivity index (χ2n) is 17.0. The van der Waals surface area contributed by atoms with E-state index in [1.54, 1.807) is 29.1 Å². The number of hydrogen-bond donors (Lipinski definition) is 0. The number of carbonyl (C=O) groups excluding carboxylic acids is 3. The van der Waals surface area contributed by atoms with Crippen LogP contribution in [-0.2, 0) is 46.5 Å². The number of carbonyl (C=O) groups is 3. The summed E-state index contributed by atoms with van der Waals surface area (Å²) in [5, 5.41) is 5.42. The molecule has 1 atom stereocenters. The Morgan fingerprint density at radius 3 is 2.29 bits per heavy atom. The number of pyridine rings is 1. The van der Waals surface area contributed by atoms with Crippen molar-refractivity contribution in [2.45, 2.75) is 162 Å². The zero-order valence-electron chi connectivity index (χ0n) is 35.8. The van der Waals surface area contributed by atoms with Crippen LogP contribution in [0.4, 0.5) is 4.39 Å². The maximum atomic E-state index is 13.4. The van der Waals surface area contributed by atoms with Gasteiger partial charge in [0.1, 0.15) is 21.8 Å². The molecule has 13 nitrogen and oxygen atoms in total. The van der Waals surface area contributed by atoms with Crippen LogP contribution in [0, 0.1) is 11.0 Å². The van der Waals surface area contributed by atoms with Gasteiger partial charge < -0.3 is 14.4 Å². The molecule has 0 radical (unpaired) electrons. The molecule has 0 bridgehead atoms. The lowest BCUT2D eigenvalue weighted by Gasteiger charge is -2.43. The molecule has 4 fully saturated rings. The molecule has 0 unspecified atom stereocenters. The number of rotatable bonds is 18. The lowest BCUT2D eigenvalue weighted by molar-refractivity contribution is -0.138. The van der Waals surface area contributed by atoms with Crippen LogP contribution < -0.4 is 0 Å². The number of halogens is 1. The van der Waals surface area contributed by atoms with Crippen molar-refractivity contribution in [1.29, 1.82) is 0 Å². The molecular weight excluding hydrogens is 872 g/mol. The number of thiazole rings is 2. The molecule has 18 heteroatoms. The summed E-state index contributed by atoms with van der Waals surface area (Å²) in [4.78, 5) is 53.0. The van der Waals surface area contributed by atoms with Crippen molar-refractivity contribution in [2.24, 2.45) is 5.92 Å². The highest BCUT2D eigenvalue weighted by Gasteiger charge is 2.39. The molecule has 0 spiro atoms. The zero-order valence-corrected chi connectivity index (χ0v) is 39.0. The minimum atomic E-state index is -3.47. The smallest absolute Gasteiger partial charge is 0.229 e. The Bertz CT molecular complexity index is 2220. The summed E-state index contributed by atoms with van der Waals surface area (Å²) in [6.07, 6.45) is 22.9. The molecule has 0 aromatic carbocycles. The lowest BCUT2D eigenvalue weighted by Crippen LogP contribution is -2.50. The van der Waals surface area contributed by atoms with Gasteiger partial charge in [0.2, 0.25) is 5.91 Å². The van der Waals surface area contributed by atoms with Crippen molar-refractivity contribution in [2.75, 3.05) is 25.6 Å². The number of hydrogen-bond acceptors (Lipinski definition) is 14. The average molecular weight is 931 g/mol. The van der Waals surface area contributed by atoms with E-state index in [4.69, 9.17) is 9.47 Å². The van der Waals surface area contributed by atoms with Crippen LogP contribution in [0.5, 0.6) is 0 Å². The second-order valence-corrected chi connectivity index (χ2v) is 22.7. The van der Waals surface area contributed by atoms with E-state index in [1.807, 2.05) is 6.20 Å². The number of thioether (sulfide) groups is 1. The normalized spacial score (nSPS) is 20.7. The number of sulfone groups is 1. The Hall–Kier alpha value is -3.16. The molecule has 4 aromatic heterocycles. The zero-order chi connectivity index (χ0) is 43.6. The minimum absolute atomic E-state index is 0.00266. The molecule has 338 valence electrons. The molecule has 4 aliphatic rings. The van der Waals surface area contributed by atoms with E-state index in [2.05, 4.69) is 31.9 Å². The van der Waals surface area contributed by atoms with Gasteiger partial charge in [0.25, 0.3) is 0 Å². The third kappa shape index (κ3) is 12.3. The second kappa shape index (κ2) is 22.2. The number of Topliss-reactive ketones (excluding diaryl/α,β-unsaturated/α-hetero) is 2. The highest BCUT2D eigenvalue weighted by Crippen LogP contribution is 2.38. The standard InChI is InChI=1S/C23H36N2O3S2.C21H23FN4O4S2/c1-3-13-28-20-11-9-19(10-12-20)25(18-7-5-4-6-8-18)22(27)14-21-24-15-23(30-21)29-16-17(2)26;22-20-12-24-21(31-20)8-18(27)16(7-13-3-5-30-6-4-13)26-17-10-23-11-19(15(17)9-25-26)32(28,29)14-1-2-14/h15,18-20H,3-14,16H2,1-2H3;9-14,16H,1-8H2/t;16-/m.0/s1. The van der Waals surface area contributed by atoms with Crippen LogP contribution in [0.3, 0.4) is 0 Å². The first-order chi connectivity index (χ1) is 30.0. The number of fused-ring (bicyclic) bond motifs is 1. The van der Waals surface area contributed by atoms with Crippen LogP contribution in [0.1, 0.15) is 126 Å². The van der Waals surface area contributed by atoms with E-state index in [9.17, 15) is 27.2 Å². The number of aromatic nitrogens is 5. The van der Waals surface area contributed by atoms with Crippen molar-refractivity contribution in [3.8, 4) is 0 Å². The van der Waals surface area contributed by atoms with Crippen LogP contribution in [0.15, 0.2) is 40.1 Å². The van der Waals surface area contributed by atoms with Crippen molar-refractivity contribution in [3.05, 3.63) is 46.1 Å². The van der Waals surface area contributed by atoms with Crippen molar-refractivity contribution in [1.82, 2.24) is 29.6 Å². The first-order valence-electron chi connectivity index (χ1n) is 22.3. The fourth-order valence-electron chi connectivity index (χ4n) is 8.95. The first kappa shape index (κ1) is 46.8. The summed E-state index contributed by atoms with van der Waals surface area (Å²) in [7, 11) is -3.47. The summed E-state index contributed by atoms with van der Waals surface area (Å²) < 4.78 is 53.2. The fourth-order valence-corrected chi connectivity index (χ4v) is 13.2. The van der Waals surface area contributed by atoms with Gasteiger partial charge in [-0.15, -0.1) is 23.1 Å². The fraction of sp³-hybridized carbons (Fsp3) is 0.659. The number of amides is 1.